The minimum absolute atomic E-state index is 0.0425. The van der Waals surface area contributed by atoms with Crippen LogP contribution in [0.25, 0.3) is 11.1 Å². The van der Waals surface area contributed by atoms with Crippen LogP contribution in [-0.2, 0) is 10.2 Å². The highest BCUT2D eigenvalue weighted by Crippen LogP contribution is 2.49. The predicted molar refractivity (Wildman–Crippen MR) is 113 cm³/mol. The summed E-state index contributed by atoms with van der Waals surface area (Å²) in [6.07, 6.45) is 5.40. The number of rotatable bonds is 3. The van der Waals surface area contributed by atoms with E-state index in [1.807, 2.05) is 29.2 Å². The van der Waals surface area contributed by atoms with Crippen molar-refractivity contribution in [1.29, 1.82) is 0 Å². The lowest BCUT2D eigenvalue weighted by Crippen LogP contribution is -2.40. The van der Waals surface area contributed by atoms with Crippen LogP contribution in [0.1, 0.15) is 28.8 Å². The number of hydrogen-bond donors (Lipinski definition) is 1. The van der Waals surface area contributed by atoms with Crippen molar-refractivity contribution in [3.8, 4) is 16.9 Å². The number of aromatic nitrogens is 1. The van der Waals surface area contributed by atoms with Crippen LogP contribution in [0.2, 0.25) is 0 Å². The highest BCUT2D eigenvalue weighted by Gasteiger charge is 2.45. The van der Waals surface area contributed by atoms with E-state index in [0.29, 0.717) is 12.1 Å². The minimum Gasteiger partial charge on any atom is -0.496 e. The van der Waals surface area contributed by atoms with Crippen LogP contribution >= 0.6 is 0 Å². The Morgan fingerprint density at radius 3 is 2.72 bits per heavy atom. The molecule has 0 saturated carbocycles. The molecule has 5 heteroatoms. The Morgan fingerprint density at radius 1 is 1.14 bits per heavy atom. The number of aromatic amines is 1. The molecular formula is C24H24N2O3. The molecule has 3 heterocycles. The molecule has 0 bridgehead atoms. The third-order valence-corrected chi connectivity index (χ3v) is 6.28. The number of benzene rings is 2. The standard InChI is InChI=1S/C24H24N2O3/c1-28-22-5-3-2-4-19(22)17-6-7-21-20(14-17)24(9-12-29-13-10-24)16-26(21)23(27)18-8-11-25-15-18/h2-8,11,14-15,25H,9-10,12-13,16H2,1H3. The molecule has 1 fully saturated rings. The summed E-state index contributed by atoms with van der Waals surface area (Å²) in [6.45, 7) is 2.15. The van der Waals surface area contributed by atoms with Gasteiger partial charge in [0.15, 0.2) is 0 Å². The number of H-pyrrole nitrogens is 1. The molecule has 2 aromatic carbocycles. The largest absolute Gasteiger partial charge is 0.496 e. The molecule has 0 radical (unpaired) electrons. The van der Waals surface area contributed by atoms with E-state index < -0.39 is 0 Å². The first-order valence-electron chi connectivity index (χ1n) is 10.0. The van der Waals surface area contributed by atoms with Crippen LogP contribution in [0.5, 0.6) is 5.75 Å². The zero-order valence-corrected chi connectivity index (χ0v) is 16.5. The van der Waals surface area contributed by atoms with E-state index in [9.17, 15) is 4.79 Å². The first kappa shape index (κ1) is 18.0. The Balaban J connectivity index is 1.62. The fraction of sp³-hybridized carbons (Fsp3) is 0.292. The maximum Gasteiger partial charge on any atom is 0.259 e. The van der Waals surface area contributed by atoms with Crippen molar-refractivity contribution >= 4 is 11.6 Å². The average molecular weight is 388 g/mol. The fourth-order valence-electron chi connectivity index (χ4n) is 4.70. The second-order valence-corrected chi connectivity index (χ2v) is 7.82. The molecule has 1 saturated heterocycles. The van der Waals surface area contributed by atoms with Crippen molar-refractivity contribution in [2.24, 2.45) is 0 Å². The summed E-state index contributed by atoms with van der Waals surface area (Å²) in [5, 5.41) is 0. The Kier molecular flexibility index (Phi) is 4.40. The summed E-state index contributed by atoms with van der Waals surface area (Å²) < 4.78 is 11.2. The molecule has 3 aromatic rings. The van der Waals surface area contributed by atoms with Gasteiger partial charge in [-0.15, -0.1) is 0 Å². The Hall–Kier alpha value is -3.05. The quantitative estimate of drug-likeness (QED) is 0.724. The maximum absolute atomic E-state index is 13.2. The molecule has 29 heavy (non-hydrogen) atoms. The highest BCUT2D eigenvalue weighted by molar-refractivity contribution is 6.08. The molecule has 5 nitrogen and oxygen atoms in total. The molecule has 1 aromatic heterocycles. The van der Waals surface area contributed by atoms with Crippen LogP contribution in [0.4, 0.5) is 5.69 Å². The van der Waals surface area contributed by atoms with Crippen LogP contribution in [-0.4, -0.2) is 37.8 Å². The molecule has 148 valence electrons. The van der Waals surface area contributed by atoms with E-state index in [-0.39, 0.29) is 11.3 Å². The molecule has 5 rings (SSSR count). The topological polar surface area (TPSA) is 54.6 Å². The van der Waals surface area contributed by atoms with Crippen molar-refractivity contribution in [3.63, 3.8) is 0 Å². The number of amides is 1. The number of hydrogen-bond acceptors (Lipinski definition) is 3. The first-order chi connectivity index (χ1) is 14.2. The molecule has 0 aliphatic carbocycles. The van der Waals surface area contributed by atoms with Gasteiger partial charge in [-0.2, -0.15) is 0 Å². The number of anilines is 1. The maximum atomic E-state index is 13.2. The number of ether oxygens (including phenoxy) is 2. The van der Waals surface area contributed by atoms with Crippen molar-refractivity contribution in [1.82, 2.24) is 4.98 Å². The summed E-state index contributed by atoms with van der Waals surface area (Å²) in [7, 11) is 1.70. The van der Waals surface area contributed by atoms with E-state index in [1.165, 1.54) is 5.56 Å². The third-order valence-electron chi connectivity index (χ3n) is 6.28. The molecule has 1 amide bonds. The monoisotopic (exact) mass is 388 g/mol. The molecular weight excluding hydrogens is 364 g/mol. The van der Waals surface area contributed by atoms with Gasteiger partial charge in [-0.1, -0.05) is 24.3 Å². The number of nitrogens with one attached hydrogen (secondary N) is 1. The van der Waals surface area contributed by atoms with Gasteiger partial charge in [0.05, 0.1) is 12.7 Å². The third kappa shape index (κ3) is 2.93. The fourth-order valence-corrected chi connectivity index (χ4v) is 4.70. The molecule has 2 aliphatic rings. The summed E-state index contributed by atoms with van der Waals surface area (Å²) in [4.78, 5) is 18.1. The second kappa shape index (κ2) is 7.08. The van der Waals surface area contributed by atoms with Crippen LogP contribution in [0.15, 0.2) is 60.9 Å². The molecule has 1 spiro atoms. The van der Waals surface area contributed by atoms with Gasteiger partial charge in [-0.3, -0.25) is 4.79 Å². The number of carbonyl (C=O) groups excluding carboxylic acids is 1. The van der Waals surface area contributed by atoms with Crippen LogP contribution < -0.4 is 9.64 Å². The second-order valence-electron chi connectivity index (χ2n) is 7.82. The lowest BCUT2D eigenvalue weighted by Gasteiger charge is -2.34. The molecule has 0 atom stereocenters. The summed E-state index contributed by atoms with van der Waals surface area (Å²) >= 11 is 0. The Labute approximate surface area is 170 Å². The molecule has 1 N–H and O–H groups in total. The smallest absolute Gasteiger partial charge is 0.259 e. The van der Waals surface area contributed by atoms with Crippen molar-refractivity contribution in [3.05, 3.63) is 72.1 Å². The van der Waals surface area contributed by atoms with Gasteiger partial charge >= 0.3 is 0 Å². The van der Waals surface area contributed by atoms with Crippen LogP contribution in [0, 0.1) is 0 Å². The molecule has 0 unspecified atom stereocenters. The normalized spacial score (nSPS) is 17.3. The number of methoxy groups -OCH3 is 1. The van der Waals surface area contributed by atoms with Gasteiger partial charge in [0, 0.05) is 48.8 Å². The lowest BCUT2D eigenvalue weighted by atomic mass is 9.75. The van der Waals surface area contributed by atoms with E-state index in [2.05, 4.69) is 29.2 Å². The summed E-state index contributed by atoms with van der Waals surface area (Å²) in [6, 6.07) is 16.3. The minimum atomic E-state index is -0.0580. The number of carbonyl (C=O) groups is 1. The van der Waals surface area contributed by atoms with E-state index in [4.69, 9.17) is 9.47 Å². The van der Waals surface area contributed by atoms with Gasteiger partial charge < -0.3 is 19.4 Å². The first-order valence-corrected chi connectivity index (χ1v) is 10.0. The van der Waals surface area contributed by atoms with Gasteiger partial charge in [-0.25, -0.2) is 0 Å². The number of nitrogens with zero attached hydrogens (tertiary/aromatic N) is 1. The van der Waals surface area contributed by atoms with Gasteiger partial charge in [0.2, 0.25) is 0 Å². The zero-order chi connectivity index (χ0) is 19.8. The molecule has 2 aliphatic heterocycles. The van der Waals surface area contributed by atoms with Crippen molar-refractivity contribution in [2.45, 2.75) is 18.3 Å². The summed E-state index contributed by atoms with van der Waals surface area (Å²) in [5.74, 6) is 0.896. The van der Waals surface area contributed by atoms with E-state index >= 15 is 0 Å². The summed E-state index contributed by atoms with van der Waals surface area (Å²) in [5.41, 5.74) is 5.06. The van der Waals surface area contributed by atoms with Crippen molar-refractivity contribution < 1.29 is 14.3 Å². The average Bonchev–Trinajstić information content (AvgIpc) is 3.41. The Morgan fingerprint density at radius 2 is 1.97 bits per heavy atom. The van der Waals surface area contributed by atoms with E-state index in [1.54, 1.807) is 19.5 Å². The predicted octanol–water partition coefficient (Wildman–Crippen LogP) is 4.40. The lowest BCUT2D eigenvalue weighted by molar-refractivity contribution is 0.0547. The van der Waals surface area contributed by atoms with E-state index in [0.717, 1.165) is 48.6 Å². The van der Waals surface area contributed by atoms with Crippen molar-refractivity contribution in [2.75, 3.05) is 31.8 Å². The highest BCUT2D eigenvalue weighted by atomic mass is 16.5. The number of fused-ring (bicyclic) bond motifs is 2. The Bertz CT molecular complexity index is 1040. The van der Waals surface area contributed by atoms with Gasteiger partial charge in [0.1, 0.15) is 5.75 Å². The van der Waals surface area contributed by atoms with Gasteiger partial charge in [0.25, 0.3) is 5.91 Å². The SMILES string of the molecule is COc1ccccc1-c1ccc2c(c1)C1(CCOCC1)CN2C(=O)c1cc[nH]c1. The van der Waals surface area contributed by atoms with Gasteiger partial charge in [-0.05, 0) is 48.2 Å². The van der Waals surface area contributed by atoms with Crippen LogP contribution in [0.3, 0.4) is 0 Å². The zero-order valence-electron chi connectivity index (χ0n) is 16.5. The number of para-hydroxylation sites is 1.